The first-order valence-electron chi connectivity index (χ1n) is 12.6. The lowest BCUT2D eigenvalue weighted by Crippen LogP contribution is -2.43. The number of nitrogens with one attached hydrogen (secondary N) is 2. The van der Waals surface area contributed by atoms with Crippen molar-refractivity contribution in [2.45, 2.75) is 84.1 Å². The van der Waals surface area contributed by atoms with Crippen molar-refractivity contribution in [1.82, 2.24) is 19.5 Å². The van der Waals surface area contributed by atoms with Crippen LogP contribution in [0.3, 0.4) is 0 Å². The first kappa shape index (κ1) is 30.0. The van der Waals surface area contributed by atoms with E-state index in [0.29, 0.717) is 6.42 Å². The van der Waals surface area contributed by atoms with E-state index >= 15 is 0 Å². The standard InChI is InChI=1S/C25H36N5O7P/c1-8-25-15-34-20(21(25)37-38(35-13-12-26-7)30(16(2)3)17(4)5)23(36-25)29-14-19(22(32)28-24(29)33)10-9-11-27-18(6)31/h14,16-17,20-21,23H,8,11-13,15H2,1-6H3,(H,27,31)(H,28,32,33)/t20?,21-,23-,25+,38?/m1/s1. The Hall–Kier alpha value is -2.57. The van der Waals surface area contributed by atoms with E-state index in [0.717, 1.165) is 0 Å². The van der Waals surface area contributed by atoms with Gasteiger partial charge in [0, 0.05) is 25.2 Å². The number of carbonyl (C=O) groups excluding carboxylic acids is 1. The van der Waals surface area contributed by atoms with E-state index in [4.69, 9.17) is 25.1 Å². The highest BCUT2D eigenvalue weighted by molar-refractivity contribution is 7.44. The van der Waals surface area contributed by atoms with Crippen LogP contribution >= 0.6 is 8.53 Å². The summed E-state index contributed by atoms with van der Waals surface area (Å²) in [5, 5.41) is 2.53. The monoisotopic (exact) mass is 549 g/mol. The zero-order valence-corrected chi connectivity index (χ0v) is 23.5. The molecule has 12 nitrogen and oxygen atoms in total. The molecule has 13 heteroatoms. The molecule has 1 aromatic heterocycles. The Kier molecular flexibility index (Phi) is 10.2. The lowest BCUT2D eigenvalue weighted by atomic mass is 9.96. The number of rotatable bonds is 11. The fourth-order valence-corrected chi connectivity index (χ4v) is 6.36. The second-order valence-electron chi connectivity index (χ2n) is 9.67. The summed E-state index contributed by atoms with van der Waals surface area (Å²) in [6.07, 6.45) is -0.152. The number of nitrogens with zero attached hydrogens (tertiary/aromatic N) is 3. The summed E-state index contributed by atoms with van der Waals surface area (Å²) in [7, 11) is -1.57. The molecule has 1 amide bonds. The first-order chi connectivity index (χ1) is 18.0. The molecule has 2 aliphatic heterocycles. The maximum atomic E-state index is 12.8. The van der Waals surface area contributed by atoms with Crippen molar-refractivity contribution in [2.24, 2.45) is 0 Å². The zero-order chi connectivity index (χ0) is 28.0. The number of amides is 1. The van der Waals surface area contributed by atoms with Crippen LogP contribution in [0.4, 0.5) is 0 Å². The Morgan fingerprint density at radius 3 is 2.71 bits per heavy atom. The van der Waals surface area contributed by atoms with Gasteiger partial charge < -0.3 is 28.7 Å². The van der Waals surface area contributed by atoms with Crippen molar-refractivity contribution in [3.8, 4) is 11.8 Å². The number of carbonyl (C=O) groups is 1. The van der Waals surface area contributed by atoms with Crippen LogP contribution in [0, 0.1) is 18.4 Å². The molecule has 0 radical (unpaired) electrons. The molecule has 208 valence electrons. The Balaban J connectivity index is 1.93. The number of aromatic amines is 1. The molecule has 2 fully saturated rings. The molecule has 2 bridgehead atoms. The summed E-state index contributed by atoms with van der Waals surface area (Å²) in [5.74, 6) is 5.15. The highest BCUT2D eigenvalue weighted by atomic mass is 31.2. The van der Waals surface area contributed by atoms with Crippen molar-refractivity contribution in [3.05, 3.63) is 44.0 Å². The normalized spacial score (nSPS) is 24.9. The Labute approximate surface area is 223 Å². The number of ether oxygens (including phenoxy) is 2. The van der Waals surface area contributed by atoms with Crippen LogP contribution in [-0.4, -0.2) is 76.3 Å². The summed E-state index contributed by atoms with van der Waals surface area (Å²) in [6, 6.07) is 0.229. The zero-order valence-electron chi connectivity index (χ0n) is 22.6. The topological polar surface area (TPSA) is 128 Å². The van der Waals surface area contributed by atoms with Crippen LogP contribution < -0.4 is 16.6 Å². The number of fused-ring (bicyclic) bond motifs is 2. The fourth-order valence-electron chi connectivity index (χ4n) is 4.56. The van der Waals surface area contributed by atoms with Crippen LogP contribution in [0.5, 0.6) is 0 Å². The van der Waals surface area contributed by atoms with Gasteiger partial charge in [0.1, 0.15) is 30.0 Å². The Morgan fingerprint density at radius 1 is 1.39 bits per heavy atom. The third kappa shape index (κ3) is 6.52. The highest BCUT2D eigenvalue weighted by Gasteiger charge is 2.63. The third-order valence-corrected chi connectivity index (χ3v) is 8.43. The lowest BCUT2D eigenvalue weighted by molar-refractivity contribution is -0.175. The maximum Gasteiger partial charge on any atom is 0.330 e. The quantitative estimate of drug-likeness (QED) is 0.185. The second kappa shape index (κ2) is 13.0. The van der Waals surface area contributed by atoms with Gasteiger partial charge in [0.2, 0.25) is 12.5 Å². The summed E-state index contributed by atoms with van der Waals surface area (Å²) < 4.78 is 28.7. The van der Waals surface area contributed by atoms with E-state index in [1.54, 1.807) is 0 Å². The predicted octanol–water partition coefficient (Wildman–Crippen LogP) is 1.77. The SMILES string of the molecule is [C-]#[N+]CCOP(O[C@@H]1C2OC[C@]1(CC)O[C@H]2n1cc(C#CCNC(C)=O)c(=O)[nH]c1=O)N(C(C)C)C(C)C. The van der Waals surface area contributed by atoms with Gasteiger partial charge in [-0.1, -0.05) is 18.8 Å². The van der Waals surface area contributed by atoms with E-state index in [1.165, 1.54) is 17.7 Å². The van der Waals surface area contributed by atoms with Gasteiger partial charge in [-0.05, 0) is 34.1 Å². The van der Waals surface area contributed by atoms with Gasteiger partial charge >= 0.3 is 5.69 Å². The molecule has 0 spiro atoms. The van der Waals surface area contributed by atoms with Gasteiger partial charge in [-0.3, -0.25) is 19.1 Å². The molecule has 0 aromatic carbocycles. The molecule has 2 N–H and O–H groups in total. The smallest absolute Gasteiger partial charge is 0.330 e. The average molecular weight is 550 g/mol. The predicted molar refractivity (Wildman–Crippen MR) is 141 cm³/mol. The second-order valence-corrected chi connectivity index (χ2v) is 11.1. The maximum absolute atomic E-state index is 12.8. The van der Waals surface area contributed by atoms with Crippen molar-refractivity contribution < 1.29 is 23.3 Å². The van der Waals surface area contributed by atoms with E-state index in [1.807, 2.05) is 6.92 Å². The minimum atomic E-state index is -1.57. The van der Waals surface area contributed by atoms with Crippen LogP contribution in [-0.2, 0) is 23.3 Å². The summed E-state index contributed by atoms with van der Waals surface area (Å²) in [5.41, 5.74) is -2.06. The number of hydrogen-bond donors (Lipinski definition) is 2. The van der Waals surface area contributed by atoms with Crippen LogP contribution in [0.15, 0.2) is 15.8 Å². The molecule has 2 saturated heterocycles. The van der Waals surface area contributed by atoms with Gasteiger partial charge in [-0.2, -0.15) is 0 Å². The van der Waals surface area contributed by atoms with Gasteiger partial charge in [0.25, 0.3) is 14.1 Å². The molecule has 5 atom stereocenters. The van der Waals surface area contributed by atoms with E-state index < -0.39 is 43.8 Å². The minimum absolute atomic E-state index is 0.0554. The summed E-state index contributed by atoms with van der Waals surface area (Å²) in [4.78, 5) is 41.9. The molecule has 2 aliphatic rings. The molecule has 3 heterocycles. The molecule has 3 rings (SSSR count). The molecule has 0 saturated carbocycles. The number of aromatic nitrogens is 2. The Morgan fingerprint density at radius 2 is 2.11 bits per heavy atom. The van der Waals surface area contributed by atoms with Gasteiger partial charge in [-0.25, -0.2) is 16.0 Å². The van der Waals surface area contributed by atoms with E-state index in [9.17, 15) is 14.4 Å². The van der Waals surface area contributed by atoms with E-state index in [2.05, 4.69) is 59.4 Å². The first-order valence-corrected chi connectivity index (χ1v) is 13.8. The highest BCUT2D eigenvalue weighted by Crippen LogP contribution is 2.55. The summed E-state index contributed by atoms with van der Waals surface area (Å²) in [6.45, 7) is 19.4. The van der Waals surface area contributed by atoms with Crippen molar-refractivity contribution >= 4 is 14.4 Å². The van der Waals surface area contributed by atoms with Crippen molar-refractivity contribution in [2.75, 3.05) is 26.3 Å². The molecule has 0 aliphatic carbocycles. The van der Waals surface area contributed by atoms with Gasteiger partial charge in [0.05, 0.1) is 13.2 Å². The molecule has 2 unspecified atom stereocenters. The third-order valence-electron chi connectivity index (χ3n) is 6.32. The molecular formula is C25H36N5O7P. The van der Waals surface area contributed by atoms with Crippen LogP contribution in [0.25, 0.3) is 4.85 Å². The van der Waals surface area contributed by atoms with Crippen molar-refractivity contribution in [1.29, 1.82) is 0 Å². The lowest BCUT2D eigenvalue weighted by Gasteiger charge is -2.38. The van der Waals surface area contributed by atoms with Crippen molar-refractivity contribution in [3.63, 3.8) is 0 Å². The number of hydrogen-bond acceptors (Lipinski definition) is 8. The number of H-pyrrole nitrogens is 1. The minimum Gasteiger partial charge on any atom is -0.368 e. The fraction of sp³-hybridized carbons (Fsp3) is 0.680. The van der Waals surface area contributed by atoms with Crippen LogP contribution in [0.1, 0.15) is 59.8 Å². The van der Waals surface area contributed by atoms with E-state index in [-0.39, 0.29) is 49.9 Å². The largest absolute Gasteiger partial charge is 0.368 e. The molecular weight excluding hydrogens is 513 g/mol. The molecule has 1 aromatic rings. The summed E-state index contributed by atoms with van der Waals surface area (Å²) >= 11 is 0. The Bertz CT molecular complexity index is 1210. The van der Waals surface area contributed by atoms with Crippen LogP contribution in [0.2, 0.25) is 0 Å². The van der Waals surface area contributed by atoms with Gasteiger partial charge in [-0.15, -0.1) is 0 Å². The molecule has 38 heavy (non-hydrogen) atoms. The average Bonchev–Trinajstić information content (AvgIpc) is 3.34. The van der Waals surface area contributed by atoms with Gasteiger partial charge in [0.15, 0.2) is 6.23 Å².